The van der Waals surface area contributed by atoms with Crippen LogP contribution in [0.1, 0.15) is 31.4 Å². The lowest BCUT2D eigenvalue weighted by Crippen LogP contribution is -2.51. The highest BCUT2D eigenvalue weighted by Crippen LogP contribution is 2.34. The molecule has 0 fully saturated rings. The number of rotatable bonds is 10. The molecule has 0 saturated heterocycles. The summed E-state index contributed by atoms with van der Waals surface area (Å²) in [6, 6.07) is 11.5. The van der Waals surface area contributed by atoms with Crippen LogP contribution in [-0.2, 0) is 26.2 Å². The molecule has 2 amide bonds. The van der Waals surface area contributed by atoms with Crippen molar-refractivity contribution in [1.29, 1.82) is 0 Å². The predicted molar refractivity (Wildman–Crippen MR) is 134 cm³/mol. The Balaban J connectivity index is 1.91. The van der Waals surface area contributed by atoms with E-state index in [-0.39, 0.29) is 18.1 Å². The normalized spacial score (nSPS) is 13.6. The summed E-state index contributed by atoms with van der Waals surface area (Å²) in [6.07, 6.45) is 1.80. The van der Waals surface area contributed by atoms with Gasteiger partial charge in [-0.2, -0.15) is 0 Å². The third kappa shape index (κ3) is 6.66. The molecule has 9 nitrogen and oxygen atoms in total. The Labute approximate surface area is 207 Å². The summed E-state index contributed by atoms with van der Waals surface area (Å²) in [7, 11) is -3.83. The molecule has 1 heterocycles. The topological polar surface area (TPSA) is 105 Å². The van der Waals surface area contributed by atoms with Gasteiger partial charge < -0.3 is 19.7 Å². The van der Waals surface area contributed by atoms with Gasteiger partial charge in [-0.05, 0) is 43.5 Å². The van der Waals surface area contributed by atoms with E-state index in [2.05, 4.69) is 5.32 Å². The Morgan fingerprint density at radius 3 is 2.43 bits per heavy atom. The van der Waals surface area contributed by atoms with Crippen LogP contribution in [0.15, 0.2) is 42.5 Å². The summed E-state index contributed by atoms with van der Waals surface area (Å²) in [5.41, 5.74) is 2.13. The number of sulfonamides is 1. The zero-order chi connectivity index (χ0) is 25.6. The lowest BCUT2D eigenvalue weighted by Gasteiger charge is -2.32. The van der Waals surface area contributed by atoms with E-state index in [4.69, 9.17) is 9.47 Å². The molecule has 0 radical (unpaired) electrons. The van der Waals surface area contributed by atoms with Crippen LogP contribution in [-0.4, -0.2) is 63.7 Å². The first-order valence-corrected chi connectivity index (χ1v) is 13.5. The zero-order valence-electron chi connectivity index (χ0n) is 20.6. The minimum atomic E-state index is -3.83. The number of carbonyl (C=O) groups is 2. The average molecular weight is 504 g/mol. The predicted octanol–water partition coefficient (Wildman–Crippen LogP) is 2.48. The van der Waals surface area contributed by atoms with Crippen molar-refractivity contribution < 1.29 is 27.5 Å². The number of fused-ring (bicyclic) bond motifs is 1. The second-order valence-electron chi connectivity index (χ2n) is 8.51. The van der Waals surface area contributed by atoms with Crippen LogP contribution in [0.3, 0.4) is 0 Å². The van der Waals surface area contributed by atoms with E-state index in [0.717, 1.165) is 28.1 Å². The Hall–Kier alpha value is -3.27. The molecule has 0 spiro atoms. The molecule has 1 aliphatic rings. The van der Waals surface area contributed by atoms with Gasteiger partial charge in [0.05, 0.1) is 11.9 Å². The number of nitrogens with one attached hydrogen (secondary N) is 1. The Bertz CT molecular complexity index is 1170. The van der Waals surface area contributed by atoms with Crippen molar-refractivity contribution in [3.8, 4) is 11.5 Å². The number of carbonyl (C=O) groups excluding carboxylic acids is 2. The maximum Gasteiger partial charge on any atom is 0.244 e. The van der Waals surface area contributed by atoms with Crippen molar-refractivity contribution in [2.75, 3.05) is 36.9 Å². The number of amides is 2. The largest absolute Gasteiger partial charge is 0.486 e. The van der Waals surface area contributed by atoms with E-state index >= 15 is 0 Å². The van der Waals surface area contributed by atoms with Gasteiger partial charge in [0.25, 0.3) is 0 Å². The van der Waals surface area contributed by atoms with Crippen molar-refractivity contribution in [2.45, 2.75) is 39.8 Å². The molecule has 3 rings (SSSR count). The minimum absolute atomic E-state index is 0.172. The second-order valence-corrected chi connectivity index (χ2v) is 10.4. The van der Waals surface area contributed by atoms with E-state index < -0.39 is 28.5 Å². The highest BCUT2D eigenvalue weighted by atomic mass is 32.2. The van der Waals surface area contributed by atoms with Gasteiger partial charge in [0.15, 0.2) is 11.5 Å². The fraction of sp³-hybridized carbons (Fsp3) is 0.440. The molecule has 1 atom stereocenters. The van der Waals surface area contributed by atoms with Crippen LogP contribution in [0.4, 0.5) is 5.69 Å². The van der Waals surface area contributed by atoms with Crippen LogP contribution < -0.4 is 19.1 Å². The molecule has 1 aliphatic heterocycles. The molecule has 0 aliphatic carbocycles. The van der Waals surface area contributed by atoms with Crippen LogP contribution in [0.25, 0.3) is 0 Å². The maximum absolute atomic E-state index is 13.6. The molecule has 0 aromatic heterocycles. The summed E-state index contributed by atoms with van der Waals surface area (Å²) >= 11 is 0. The molecule has 0 bridgehead atoms. The van der Waals surface area contributed by atoms with Crippen molar-refractivity contribution in [2.24, 2.45) is 0 Å². The number of benzene rings is 2. The monoisotopic (exact) mass is 503 g/mol. The molecule has 0 saturated carbocycles. The van der Waals surface area contributed by atoms with Crippen LogP contribution >= 0.6 is 0 Å². The van der Waals surface area contributed by atoms with Gasteiger partial charge in [0.1, 0.15) is 25.8 Å². The number of hydrogen-bond donors (Lipinski definition) is 1. The number of aryl methyl sites for hydroxylation is 1. The quantitative estimate of drug-likeness (QED) is 0.534. The first-order valence-electron chi connectivity index (χ1n) is 11.6. The molecule has 2 aromatic carbocycles. The summed E-state index contributed by atoms with van der Waals surface area (Å²) in [4.78, 5) is 27.8. The highest BCUT2D eigenvalue weighted by molar-refractivity contribution is 7.92. The first kappa shape index (κ1) is 26.3. The van der Waals surface area contributed by atoms with Crippen LogP contribution in [0.2, 0.25) is 0 Å². The standard InChI is InChI=1S/C25H33N3O6S/c1-5-12-26-25(30)19(3)27(16-20-9-7-6-8-18(20)2)24(29)17-28(35(4,31)32)21-10-11-22-23(15-21)34-14-13-33-22/h6-11,15,19H,5,12-14,16-17H2,1-4H3,(H,26,30)/t19-/m0/s1. The van der Waals surface area contributed by atoms with E-state index in [1.807, 2.05) is 38.1 Å². The van der Waals surface area contributed by atoms with Gasteiger partial charge in [-0.3, -0.25) is 13.9 Å². The van der Waals surface area contributed by atoms with Crippen molar-refractivity contribution in [3.63, 3.8) is 0 Å². The highest BCUT2D eigenvalue weighted by Gasteiger charge is 2.30. The third-order valence-electron chi connectivity index (χ3n) is 5.81. The molecular formula is C25H33N3O6S. The average Bonchev–Trinajstić information content (AvgIpc) is 2.83. The van der Waals surface area contributed by atoms with E-state index in [9.17, 15) is 18.0 Å². The van der Waals surface area contributed by atoms with Gasteiger partial charge >= 0.3 is 0 Å². The fourth-order valence-electron chi connectivity index (χ4n) is 3.75. The molecule has 190 valence electrons. The molecular weight excluding hydrogens is 470 g/mol. The lowest BCUT2D eigenvalue weighted by atomic mass is 10.1. The van der Waals surface area contributed by atoms with Gasteiger partial charge in [-0.1, -0.05) is 31.2 Å². The van der Waals surface area contributed by atoms with Gasteiger partial charge in [0, 0.05) is 19.2 Å². The maximum atomic E-state index is 13.6. The summed E-state index contributed by atoms with van der Waals surface area (Å²) in [6.45, 7) is 6.48. The van der Waals surface area contributed by atoms with E-state index in [1.54, 1.807) is 25.1 Å². The summed E-state index contributed by atoms with van der Waals surface area (Å²) in [5.74, 6) is 0.146. The van der Waals surface area contributed by atoms with Crippen molar-refractivity contribution in [3.05, 3.63) is 53.6 Å². The van der Waals surface area contributed by atoms with Crippen LogP contribution in [0.5, 0.6) is 11.5 Å². The molecule has 1 N–H and O–H groups in total. The summed E-state index contributed by atoms with van der Waals surface area (Å²) < 4.78 is 37.6. The first-order chi connectivity index (χ1) is 16.6. The van der Waals surface area contributed by atoms with Gasteiger partial charge in [-0.15, -0.1) is 0 Å². The van der Waals surface area contributed by atoms with Gasteiger partial charge in [0.2, 0.25) is 21.8 Å². The molecule has 35 heavy (non-hydrogen) atoms. The lowest BCUT2D eigenvalue weighted by molar-refractivity contribution is -0.139. The summed E-state index contributed by atoms with van der Waals surface area (Å²) in [5, 5.41) is 2.82. The Morgan fingerprint density at radius 2 is 1.77 bits per heavy atom. The molecule has 10 heteroatoms. The molecule has 0 unspecified atom stereocenters. The zero-order valence-corrected chi connectivity index (χ0v) is 21.4. The Morgan fingerprint density at radius 1 is 1.09 bits per heavy atom. The van der Waals surface area contributed by atoms with Crippen molar-refractivity contribution in [1.82, 2.24) is 10.2 Å². The Kier molecular flexibility index (Phi) is 8.61. The number of hydrogen-bond acceptors (Lipinski definition) is 6. The van der Waals surface area contributed by atoms with Crippen molar-refractivity contribution >= 4 is 27.5 Å². The number of nitrogens with zero attached hydrogens (tertiary/aromatic N) is 2. The second kappa shape index (κ2) is 11.4. The van der Waals surface area contributed by atoms with E-state index in [0.29, 0.717) is 31.3 Å². The van der Waals surface area contributed by atoms with E-state index in [1.165, 1.54) is 4.90 Å². The SMILES string of the molecule is CCCNC(=O)[C@H](C)N(Cc1ccccc1C)C(=O)CN(c1ccc2c(c1)OCCO2)S(C)(=O)=O. The minimum Gasteiger partial charge on any atom is -0.486 e. The van der Waals surface area contributed by atoms with Crippen LogP contribution in [0, 0.1) is 6.92 Å². The number of anilines is 1. The number of ether oxygens (including phenoxy) is 2. The third-order valence-corrected chi connectivity index (χ3v) is 6.95. The smallest absolute Gasteiger partial charge is 0.244 e. The molecule has 2 aromatic rings. The fourth-order valence-corrected chi connectivity index (χ4v) is 4.59. The van der Waals surface area contributed by atoms with Gasteiger partial charge in [-0.25, -0.2) is 8.42 Å².